The average molecular weight is 548 g/mol. The van der Waals surface area contributed by atoms with Gasteiger partial charge in [0.25, 0.3) is 0 Å². The molecule has 208 valence electrons. The Kier molecular flexibility index (Phi) is 8.33. The van der Waals surface area contributed by atoms with Crippen LogP contribution in [0.15, 0.2) is 60.7 Å². The van der Waals surface area contributed by atoms with E-state index in [4.69, 9.17) is 18.9 Å². The van der Waals surface area contributed by atoms with E-state index in [9.17, 15) is 36.2 Å². The molecule has 2 aromatic carbocycles. The first kappa shape index (κ1) is 28.3. The summed E-state index contributed by atoms with van der Waals surface area (Å²) in [6.45, 7) is -0.00923. The molecule has 2 aliphatic rings. The van der Waals surface area contributed by atoms with Crippen LogP contribution in [0.3, 0.4) is 0 Å². The zero-order valence-electron chi connectivity index (χ0n) is 19.9. The Morgan fingerprint density at radius 3 is 2.13 bits per heavy atom. The molecule has 1 amide bonds. The third-order valence-corrected chi connectivity index (χ3v) is 6.25. The lowest BCUT2D eigenvalue weighted by Gasteiger charge is -2.55. The molecule has 13 heteroatoms. The van der Waals surface area contributed by atoms with Gasteiger partial charge in [0.05, 0.1) is 19.3 Å². The number of alkyl halides is 6. The Labute approximate surface area is 213 Å². The number of hydrogen-bond acceptors (Lipinski definition) is 6. The number of carbonyl (C=O) groups is 1. The number of fused-ring (bicyclic) bond motifs is 1. The second kappa shape index (κ2) is 11.2. The fraction of sp³-hybridized carbons (Fsp3) is 0.480. The number of benzene rings is 2. The summed E-state index contributed by atoms with van der Waals surface area (Å²) in [5.74, 6) is -1.63. The summed E-state index contributed by atoms with van der Waals surface area (Å²) in [4.78, 5) is 11.9. The molecule has 38 heavy (non-hydrogen) atoms. The molecule has 0 aromatic heterocycles. The van der Waals surface area contributed by atoms with Gasteiger partial charge in [-0.05, 0) is 5.56 Å². The minimum absolute atomic E-state index is 0.247. The number of halogens is 6. The van der Waals surface area contributed by atoms with Gasteiger partial charge in [0.1, 0.15) is 18.3 Å². The fourth-order valence-electron chi connectivity index (χ4n) is 4.65. The Bertz CT molecular complexity index is 1060. The first-order valence-electron chi connectivity index (χ1n) is 11.6. The second-order valence-electron chi connectivity index (χ2n) is 8.88. The van der Waals surface area contributed by atoms with Crippen LogP contribution in [0.2, 0.25) is 0 Å². The van der Waals surface area contributed by atoms with Crippen LogP contribution in [-0.4, -0.2) is 66.5 Å². The van der Waals surface area contributed by atoms with E-state index in [1.807, 2.05) is 0 Å². The number of nitrogens with zero attached hydrogens (tertiary/aromatic N) is 1. The minimum Gasteiger partial charge on any atom is -0.829 e. The fourth-order valence-corrected chi connectivity index (χ4v) is 4.65. The molecule has 0 spiro atoms. The van der Waals surface area contributed by atoms with Crippen LogP contribution in [0.1, 0.15) is 24.3 Å². The second-order valence-corrected chi connectivity index (χ2v) is 8.88. The minimum atomic E-state index is -5.94. The highest BCUT2D eigenvalue weighted by Crippen LogP contribution is 2.42. The quantitative estimate of drug-likeness (QED) is 0.515. The van der Waals surface area contributed by atoms with Gasteiger partial charge in [-0.15, -0.1) is 0 Å². The van der Waals surface area contributed by atoms with Gasteiger partial charge in [-0.2, -0.15) is 26.3 Å². The van der Waals surface area contributed by atoms with E-state index in [-0.39, 0.29) is 13.2 Å². The molecular weight excluding hydrogens is 524 g/mol. The molecule has 0 aliphatic carbocycles. The lowest BCUT2D eigenvalue weighted by molar-refractivity contribution is -0.535. The molecular formula is C25H24F6NO6-. The van der Waals surface area contributed by atoms with Crippen molar-refractivity contribution in [2.24, 2.45) is 0 Å². The van der Waals surface area contributed by atoms with Crippen LogP contribution in [0.4, 0.5) is 26.3 Å². The van der Waals surface area contributed by atoms with E-state index in [1.165, 1.54) is 0 Å². The molecule has 2 saturated heterocycles. The molecule has 2 aromatic rings. The van der Waals surface area contributed by atoms with Gasteiger partial charge in [0.15, 0.2) is 6.29 Å². The van der Waals surface area contributed by atoms with Crippen LogP contribution in [0, 0.1) is 0 Å². The lowest BCUT2D eigenvalue weighted by atomic mass is 9.92. The van der Waals surface area contributed by atoms with Crippen molar-refractivity contribution in [3.8, 4) is 0 Å². The molecule has 7 nitrogen and oxygen atoms in total. The van der Waals surface area contributed by atoms with E-state index >= 15 is 0 Å². The summed E-state index contributed by atoms with van der Waals surface area (Å²) in [7, 11) is 0. The van der Waals surface area contributed by atoms with E-state index in [0.717, 1.165) is 0 Å². The van der Waals surface area contributed by atoms with Crippen molar-refractivity contribution < 1.29 is 55.2 Å². The summed E-state index contributed by atoms with van der Waals surface area (Å²) in [6.07, 6.45) is -19.7. The summed E-state index contributed by atoms with van der Waals surface area (Å²) in [5.41, 5.74) is 1.04. The van der Waals surface area contributed by atoms with Crippen LogP contribution in [-0.2, 0) is 30.3 Å². The molecule has 1 unspecified atom stereocenters. The summed E-state index contributed by atoms with van der Waals surface area (Å²) in [5, 5.41) is 13.1. The molecule has 0 bridgehead atoms. The average Bonchev–Trinajstić information content (AvgIpc) is 2.85. The van der Waals surface area contributed by atoms with Gasteiger partial charge in [-0.3, -0.25) is 4.79 Å². The molecule has 2 fully saturated rings. The van der Waals surface area contributed by atoms with Gasteiger partial charge < -0.3 is 29.0 Å². The molecule has 0 N–H and O–H groups in total. The highest BCUT2D eigenvalue weighted by molar-refractivity contribution is 5.74. The first-order valence-corrected chi connectivity index (χ1v) is 11.6. The van der Waals surface area contributed by atoms with E-state index in [1.54, 1.807) is 60.7 Å². The highest BCUT2D eigenvalue weighted by atomic mass is 19.4. The normalized spacial score (nSPS) is 28.1. The van der Waals surface area contributed by atoms with Crippen molar-refractivity contribution in [1.29, 1.82) is 0 Å². The maximum absolute atomic E-state index is 13.8. The predicted molar refractivity (Wildman–Crippen MR) is 116 cm³/mol. The molecule has 0 radical (unpaired) electrons. The lowest BCUT2D eigenvalue weighted by Crippen LogP contribution is -2.74. The monoisotopic (exact) mass is 548 g/mol. The topological polar surface area (TPSA) is 80.3 Å². The molecule has 2 heterocycles. The van der Waals surface area contributed by atoms with Gasteiger partial charge in [0.2, 0.25) is 11.9 Å². The number of amides is 1. The molecule has 0 saturated carbocycles. The largest absolute Gasteiger partial charge is 0.829 e. The number of ether oxygens (including phenoxy) is 4. The maximum atomic E-state index is 13.8. The predicted octanol–water partition coefficient (Wildman–Crippen LogP) is 3.48. The van der Waals surface area contributed by atoms with Crippen LogP contribution in [0.5, 0.6) is 0 Å². The molecule has 6 atom stereocenters. The van der Waals surface area contributed by atoms with Crippen molar-refractivity contribution in [2.75, 3.05) is 6.61 Å². The standard InChI is InChI=1S/C25H24F6NO6/c1-14(33)32(23(24(26,27)28)25(29,30)31)18-20(35-12-15-8-4-2-5-9-15)19-17(37-21(18)34)13-36-22(38-19)16-10-6-3-7-11-16/h2-11,17-23H,12-13H2,1H3/q-1/t17-,18-,19-,20+,21-,22?/m1/s1. The smallest absolute Gasteiger partial charge is 0.417 e. The van der Waals surface area contributed by atoms with Crippen LogP contribution >= 0.6 is 0 Å². The molecule has 2 aliphatic heterocycles. The van der Waals surface area contributed by atoms with Crippen molar-refractivity contribution in [3.63, 3.8) is 0 Å². The van der Waals surface area contributed by atoms with Gasteiger partial charge in [-0.25, -0.2) is 0 Å². The van der Waals surface area contributed by atoms with E-state index in [0.29, 0.717) is 18.1 Å². The summed E-state index contributed by atoms with van der Waals surface area (Å²) in [6, 6.07) is 10.0. The zero-order chi connectivity index (χ0) is 27.7. The zero-order valence-corrected chi connectivity index (χ0v) is 19.9. The van der Waals surface area contributed by atoms with Gasteiger partial charge in [0, 0.05) is 18.8 Å². The third kappa shape index (κ3) is 6.12. The highest BCUT2D eigenvalue weighted by Gasteiger charge is 2.64. The molecule has 4 rings (SSSR count). The summed E-state index contributed by atoms with van der Waals surface area (Å²) >= 11 is 0. The van der Waals surface area contributed by atoms with Gasteiger partial charge >= 0.3 is 12.4 Å². The number of rotatable bonds is 6. The summed E-state index contributed by atoms with van der Waals surface area (Å²) < 4.78 is 105. The number of hydrogen-bond donors (Lipinski definition) is 0. The van der Waals surface area contributed by atoms with Crippen LogP contribution in [0.25, 0.3) is 0 Å². The van der Waals surface area contributed by atoms with Crippen molar-refractivity contribution in [3.05, 3.63) is 71.8 Å². The maximum Gasteiger partial charge on any atom is 0.417 e. The number of carbonyl (C=O) groups excluding carboxylic acids is 1. The van der Waals surface area contributed by atoms with Crippen molar-refractivity contribution >= 4 is 5.91 Å². The Morgan fingerprint density at radius 1 is 1.00 bits per heavy atom. The van der Waals surface area contributed by atoms with E-state index in [2.05, 4.69) is 0 Å². The Morgan fingerprint density at radius 2 is 1.58 bits per heavy atom. The van der Waals surface area contributed by atoms with Crippen molar-refractivity contribution in [2.45, 2.75) is 68.9 Å². The SMILES string of the molecule is CC(=O)N(C(C(F)(F)F)C(F)(F)F)[C@@H]1[C@H](OCc2ccccc2)[C@@H]2OC(c3ccccc3)OC[C@H]2O[C@H]1[O-]. The van der Waals surface area contributed by atoms with Gasteiger partial charge in [-0.1, -0.05) is 60.7 Å². The van der Waals surface area contributed by atoms with E-state index < -0.39 is 66.1 Å². The van der Waals surface area contributed by atoms with Crippen LogP contribution < -0.4 is 5.11 Å². The first-order chi connectivity index (χ1) is 17.9. The van der Waals surface area contributed by atoms with Crippen molar-refractivity contribution in [1.82, 2.24) is 4.90 Å². The Hall–Kier alpha value is -2.71. The third-order valence-electron chi connectivity index (χ3n) is 6.25. The Balaban J connectivity index is 1.75.